The van der Waals surface area contributed by atoms with E-state index in [0.717, 1.165) is 11.3 Å². The summed E-state index contributed by atoms with van der Waals surface area (Å²) >= 11 is 0.493. The Morgan fingerprint density at radius 3 is 2.73 bits per heavy atom. The van der Waals surface area contributed by atoms with Crippen molar-refractivity contribution in [2.45, 2.75) is 30.2 Å². The van der Waals surface area contributed by atoms with E-state index in [1.165, 1.54) is 7.11 Å². The number of ether oxygens (including phenoxy) is 1. The first-order valence-electron chi connectivity index (χ1n) is 6.84. The van der Waals surface area contributed by atoms with E-state index in [9.17, 15) is 8.78 Å². The van der Waals surface area contributed by atoms with E-state index in [2.05, 4.69) is 10.4 Å². The minimum Gasteiger partial charge on any atom is -0.496 e. The van der Waals surface area contributed by atoms with Gasteiger partial charge in [-0.25, -0.2) is 0 Å². The highest BCUT2D eigenvalue weighted by Gasteiger charge is 2.14. The topological polar surface area (TPSA) is 39.1 Å². The minimum absolute atomic E-state index is 0.0643. The lowest BCUT2D eigenvalue weighted by molar-refractivity contribution is 0.251. The molecule has 0 saturated carbocycles. The molecule has 7 heteroatoms. The lowest BCUT2D eigenvalue weighted by atomic mass is 10.1. The molecule has 22 heavy (non-hydrogen) atoms. The van der Waals surface area contributed by atoms with Crippen LogP contribution in [0.15, 0.2) is 35.4 Å². The molecule has 1 heterocycles. The van der Waals surface area contributed by atoms with Crippen LogP contribution >= 0.6 is 11.8 Å². The second kappa shape index (κ2) is 7.60. The molecule has 2 rings (SSSR count). The molecule has 1 aromatic heterocycles. The van der Waals surface area contributed by atoms with Gasteiger partial charge in [-0.05, 0) is 30.7 Å². The van der Waals surface area contributed by atoms with Gasteiger partial charge < -0.3 is 10.1 Å². The summed E-state index contributed by atoms with van der Waals surface area (Å²) in [6.07, 6.45) is 1.75. The Kier molecular flexibility index (Phi) is 5.79. The molecule has 1 N–H and O–H groups in total. The Balaban J connectivity index is 2.06. The van der Waals surface area contributed by atoms with Crippen LogP contribution in [-0.2, 0) is 13.6 Å². The smallest absolute Gasteiger partial charge is 0.289 e. The molecule has 0 aliphatic carbocycles. The first-order valence-corrected chi connectivity index (χ1v) is 7.72. The lowest BCUT2D eigenvalue weighted by Crippen LogP contribution is -2.19. The largest absolute Gasteiger partial charge is 0.496 e. The van der Waals surface area contributed by atoms with E-state index in [1.807, 2.05) is 30.8 Å². The second-order valence-electron chi connectivity index (χ2n) is 4.84. The van der Waals surface area contributed by atoms with Crippen molar-refractivity contribution in [3.05, 3.63) is 41.7 Å². The van der Waals surface area contributed by atoms with Gasteiger partial charge in [0.25, 0.3) is 5.76 Å². The summed E-state index contributed by atoms with van der Waals surface area (Å²) in [6, 6.07) is 7.32. The fourth-order valence-electron chi connectivity index (χ4n) is 2.10. The van der Waals surface area contributed by atoms with Crippen molar-refractivity contribution in [2.24, 2.45) is 7.05 Å². The average molecular weight is 327 g/mol. The fourth-order valence-corrected chi connectivity index (χ4v) is 2.69. The van der Waals surface area contributed by atoms with Crippen LogP contribution in [0.3, 0.4) is 0 Å². The van der Waals surface area contributed by atoms with Gasteiger partial charge in [-0.15, -0.1) is 0 Å². The predicted octanol–water partition coefficient (Wildman–Crippen LogP) is 3.59. The number of aryl methyl sites for hydroxylation is 1. The Hall–Kier alpha value is -1.60. The number of nitrogens with zero attached hydrogens (tertiary/aromatic N) is 2. The number of aromatic nitrogens is 2. The van der Waals surface area contributed by atoms with Gasteiger partial charge in [0.1, 0.15) is 5.75 Å². The van der Waals surface area contributed by atoms with E-state index in [1.54, 1.807) is 18.3 Å². The molecular formula is C15H19F2N3OS. The molecule has 0 fully saturated rings. The van der Waals surface area contributed by atoms with Gasteiger partial charge in [0, 0.05) is 25.8 Å². The number of hydrogen-bond acceptors (Lipinski definition) is 4. The standard InChI is InChI=1S/C15H19F2N3OS/c1-10(18-9-12-6-7-19-20(12)2)11-4-5-14(22-15(16)17)13(8-11)21-3/h4-8,10,15,18H,9H2,1-3H3. The van der Waals surface area contributed by atoms with Crippen LogP contribution in [0.1, 0.15) is 24.2 Å². The molecular weight excluding hydrogens is 308 g/mol. The normalized spacial score (nSPS) is 12.6. The van der Waals surface area contributed by atoms with Gasteiger partial charge in [-0.2, -0.15) is 13.9 Å². The fraction of sp³-hybridized carbons (Fsp3) is 0.400. The number of rotatable bonds is 7. The number of hydrogen-bond donors (Lipinski definition) is 1. The third-order valence-electron chi connectivity index (χ3n) is 3.42. The first-order chi connectivity index (χ1) is 10.5. The molecule has 0 saturated heterocycles. The van der Waals surface area contributed by atoms with E-state index >= 15 is 0 Å². The molecule has 2 aromatic rings. The number of nitrogens with one attached hydrogen (secondary N) is 1. The number of thioether (sulfide) groups is 1. The zero-order valence-corrected chi connectivity index (χ0v) is 13.5. The number of benzene rings is 1. The van der Waals surface area contributed by atoms with Crippen molar-refractivity contribution < 1.29 is 13.5 Å². The molecule has 0 spiro atoms. The zero-order chi connectivity index (χ0) is 16.1. The van der Waals surface area contributed by atoms with E-state index < -0.39 is 5.76 Å². The molecule has 1 atom stereocenters. The summed E-state index contributed by atoms with van der Waals surface area (Å²) in [5, 5.41) is 7.50. The summed E-state index contributed by atoms with van der Waals surface area (Å²) in [6.45, 7) is 2.69. The van der Waals surface area contributed by atoms with Crippen molar-refractivity contribution >= 4 is 11.8 Å². The monoisotopic (exact) mass is 327 g/mol. The Bertz CT molecular complexity index is 619. The Labute approximate surface area is 132 Å². The molecule has 0 radical (unpaired) electrons. The molecule has 120 valence electrons. The van der Waals surface area contributed by atoms with Crippen LogP contribution < -0.4 is 10.1 Å². The van der Waals surface area contributed by atoms with Crippen LogP contribution in [0, 0.1) is 0 Å². The van der Waals surface area contributed by atoms with Crippen LogP contribution in [-0.4, -0.2) is 22.6 Å². The maximum Gasteiger partial charge on any atom is 0.289 e. The highest BCUT2D eigenvalue weighted by molar-refractivity contribution is 7.99. The zero-order valence-electron chi connectivity index (χ0n) is 12.7. The van der Waals surface area contributed by atoms with Crippen molar-refractivity contribution in [3.63, 3.8) is 0 Å². The second-order valence-corrected chi connectivity index (χ2v) is 5.87. The maximum atomic E-state index is 12.5. The van der Waals surface area contributed by atoms with E-state index in [4.69, 9.17) is 4.74 Å². The Morgan fingerprint density at radius 2 is 2.14 bits per heavy atom. The summed E-state index contributed by atoms with van der Waals surface area (Å²) < 4.78 is 32.0. The molecule has 0 bridgehead atoms. The van der Waals surface area contributed by atoms with Crippen molar-refractivity contribution in [3.8, 4) is 5.75 Å². The highest BCUT2D eigenvalue weighted by atomic mass is 32.2. The first kappa shape index (κ1) is 16.8. The third kappa shape index (κ3) is 4.20. The third-order valence-corrected chi connectivity index (χ3v) is 4.18. The highest BCUT2D eigenvalue weighted by Crippen LogP contribution is 2.35. The minimum atomic E-state index is -2.46. The lowest BCUT2D eigenvalue weighted by Gasteiger charge is -2.17. The van der Waals surface area contributed by atoms with Gasteiger partial charge in [-0.1, -0.05) is 17.8 Å². The Morgan fingerprint density at radius 1 is 1.36 bits per heavy atom. The molecule has 1 aromatic carbocycles. The molecule has 4 nitrogen and oxygen atoms in total. The number of methoxy groups -OCH3 is 1. The van der Waals surface area contributed by atoms with E-state index in [-0.39, 0.29) is 6.04 Å². The van der Waals surface area contributed by atoms with Crippen molar-refractivity contribution in [2.75, 3.05) is 7.11 Å². The number of alkyl halides is 2. The summed E-state index contributed by atoms with van der Waals surface area (Å²) in [7, 11) is 3.38. The van der Waals surface area contributed by atoms with Gasteiger partial charge >= 0.3 is 0 Å². The summed E-state index contributed by atoms with van der Waals surface area (Å²) in [5.74, 6) is -1.99. The maximum absolute atomic E-state index is 12.5. The summed E-state index contributed by atoms with van der Waals surface area (Å²) in [5.41, 5.74) is 2.06. The van der Waals surface area contributed by atoms with Gasteiger partial charge in [0.2, 0.25) is 0 Å². The molecule has 0 aliphatic heterocycles. The molecule has 0 amide bonds. The SMILES string of the molecule is COc1cc(C(C)NCc2ccnn2C)ccc1SC(F)F. The van der Waals surface area contributed by atoms with Crippen molar-refractivity contribution in [1.29, 1.82) is 0 Å². The van der Waals surface area contributed by atoms with Gasteiger partial charge in [-0.3, -0.25) is 4.68 Å². The number of halogens is 2. The van der Waals surface area contributed by atoms with Crippen LogP contribution in [0.25, 0.3) is 0 Å². The molecule has 0 aliphatic rings. The van der Waals surface area contributed by atoms with Crippen LogP contribution in [0.2, 0.25) is 0 Å². The summed E-state index contributed by atoms with van der Waals surface area (Å²) in [4.78, 5) is 0.445. The van der Waals surface area contributed by atoms with Gasteiger partial charge in [0.15, 0.2) is 0 Å². The van der Waals surface area contributed by atoms with Gasteiger partial charge in [0.05, 0.1) is 17.7 Å². The van der Waals surface area contributed by atoms with Crippen molar-refractivity contribution in [1.82, 2.24) is 15.1 Å². The quantitative estimate of drug-likeness (QED) is 0.789. The van der Waals surface area contributed by atoms with Crippen LogP contribution in [0.4, 0.5) is 8.78 Å². The van der Waals surface area contributed by atoms with Crippen LogP contribution in [0.5, 0.6) is 5.75 Å². The molecule has 1 unspecified atom stereocenters. The average Bonchev–Trinajstić information content (AvgIpc) is 2.90. The van der Waals surface area contributed by atoms with E-state index in [0.29, 0.717) is 29.0 Å². The predicted molar refractivity (Wildman–Crippen MR) is 83.3 cm³/mol.